The van der Waals surface area contributed by atoms with Crippen molar-refractivity contribution in [3.05, 3.63) is 41.5 Å². The molecule has 94 valence electrons. The Bertz CT molecular complexity index is 454. The summed E-state index contributed by atoms with van der Waals surface area (Å²) in [6.45, 7) is 1.88. The third kappa shape index (κ3) is 4.44. The van der Waals surface area contributed by atoms with Crippen LogP contribution in [-0.2, 0) is 14.3 Å². The zero-order chi connectivity index (χ0) is 13.4. The maximum absolute atomic E-state index is 11.6. The van der Waals surface area contributed by atoms with Crippen LogP contribution in [0.2, 0.25) is 0 Å². The van der Waals surface area contributed by atoms with Crippen molar-refractivity contribution in [3.63, 3.8) is 0 Å². The molecule has 18 heavy (non-hydrogen) atoms. The molecular weight excluding hydrogens is 228 g/mol. The van der Waals surface area contributed by atoms with Crippen molar-refractivity contribution < 1.29 is 14.3 Å². The van der Waals surface area contributed by atoms with Gasteiger partial charge in [0.15, 0.2) is 0 Å². The van der Waals surface area contributed by atoms with Crippen LogP contribution in [0.25, 0.3) is 6.08 Å². The Kier molecular flexibility index (Phi) is 5.69. The van der Waals surface area contributed by atoms with Gasteiger partial charge in [-0.1, -0.05) is 36.3 Å². The van der Waals surface area contributed by atoms with Gasteiger partial charge in [-0.25, -0.2) is 4.79 Å². The van der Waals surface area contributed by atoms with E-state index in [1.54, 1.807) is 13.0 Å². The minimum Gasteiger partial charge on any atom is -0.466 e. The molecule has 1 unspecified atom stereocenters. The molecule has 1 atom stereocenters. The van der Waals surface area contributed by atoms with E-state index in [1.165, 1.54) is 7.11 Å². The van der Waals surface area contributed by atoms with Gasteiger partial charge in [-0.15, -0.1) is 6.42 Å². The summed E-state index contributed by atoms with van der Waals surface area (Å²) in [6.07, 6.45) is 6.60. The van der Waals surface area contributed by atoms with Gasteiger partial charge in [0.25, 0.3) is 0 Å². The highest BCUT2D eigenvalue weighted by atomic mass is 16.5. The predicted octanol–water partition coefficient (Wildman–Crippen LogP) is 2.28. The minimum absolute atomic E-state index is 0.132. The SMILES string of the molecule is C#CC(C)OC/C(=C\c1ccccc1)C(=O)OC. The molecule has 0 radical (unpaired) electrons. The lowest BCUT2D eigenvalue weighted by Gasteiger charge is -2.09. The van der Waals surface area contributed by atoms with Crippen molar-refractivity contribution >= 4 is 12.0 Å². The second-order valence-electron chi connectivity index (χ2n) is 3.69. The zero-order valence-electron chi connectivity index (χ0n) is 10.6. The molecule has 1 aromatic rings. The minimum atomic E-state index is -0.414. The van der Waals surface area contributed by atoms with Gasteiger partial charge in [0, 0.05) is 0 Å². The Balaban J connectivity index is 2.82. The van der Waals surface area contributed by atoms with E-state index in [0.29, 0.717) is 5.57 Å². The quantitative estimate of drug-likeness (QED) is 0.453. The van der Waals surface area contributed by atoms with Crippen molar-refractivity contribution in [2.75, 3.05) is 13.7 Å². The second kappa shape index (κ2) is 7.31. The molecule has 0 N–H and O–H groups in total. The van der Waals surface area contributed by atoms with Gasteiger partial charge in [-0.3, -0.25) is 0 Å². The van der Waals surface area contributed by atoms with E-state index in [1.807, 2.05) is 30.3 Å². The molecule has 0 heterocycles. The van der Waals surface area contributed by atoms with E-state index >= 15 is 0 Å². The third-order valence-electron chi connectivity index (χ3n) is 2.31. The summed E-state index contributed by atoms with van der Waals surface area (Å²) in [5.41, 5.74) is 1.35. The molecule has 0 aliphatic heterocycles. The Labute approximate surface area is 107 Å². The molecule has 3 heteroatoms. The summed E-state index contributed by atoms with van der Waals surface area (Å²) in [6, 6.07) is 9.49. The van der Waals surface area contributed by atoms with Gasteiger partial charge in [0.1, 0.15) is 6.10 Å². The van der Waals surface area contributed by atoms with Crippen molar-refractivity contribution in [1.82, 2.24) is 0 Å². The summed E-state index contributed by atoms with van der Waals surface area (Å²) >= 11 is 0. The van der Waals surface area contributed by atoms with Crippen LogP contribution < -0.4 is 0 Å². The number of carbonyl (C=O) groups is 1. The van der Waals surface area contributed by atoms with Crippen molar-refractivity contribution in [2.45, 2.75) is 13.0 Å². The molecule has 0 amide bonds. The number of esters is 1. The number of hydrogen-bond donors (Lipinski definition) is 0. The normalized spacial score (nSPS) is 12.6. The molecule has 1 aromatic carbocycles. The lowest BCUT2D eigenvalue weighted by Crippen LogP contribution is -2.14. The van der Waals surface area contributed by atoms with Crippen LogP contribution >= 0.6 is 0 Å². The van der Waals surface area contributed by atoms with Crippen molar-refractivity contribution in [1.29, 1.82) is 0 Å². The molecule has 0 bridgehead atoms. The molecule has 1 rings (SSSR count). The van der Waals surface area contributed by atoms with Crippen molar-refractivity contribution in [3.8, 4) is 12.3 Å². The maximum atomic E-state index is 11.6. The summed E-state index contributed by atoms with van der Waals surface area (Å²) in [5, 5.41) is 0. The lowest BCUT2D eigenvalue weighted by molar-refractivity contribution is -0.136. The molecule has 0 fully saturated rings. The Morgan fingerprint density at radius 3 is 2.67 bits per heavy atom. The first-order valence-electron chi connectivity index (χ1n) is 5.59. The largest absolute Gasteiger partial charge is 0.466 e. The number of rotatable bonds is 5. The highest BCUT2D eigenvalue weighted by molar-refractivity contribution is 5.93. The van der Waals surface area contributed by atoms with Gasteiger partial charge in [0.2, 0.25) is 0 Å². The highest BCUT2D eigenvalue weighted by Crippen LogP contribution is 2.09. The standard InChI is InChI=1S/C15H16O3/c1-4-12(2)18-11-14(15(16)17-3)10-13-8-6-5-7-9-13/h1,5-10,12H,11H2,2-3H3/b14-10+. The number of carbonyl (C=O) groups excluding carboxylic acids is 1. The van der Waals surface area contributed by atoms with E-state index < -0.39 is 5.97 Å². The van der Waals surface area contributed by atoms with Crippen LogP contribution in [0.3, 0.4) is 0 Å². The molecular formula is C15H16O3. The van der Waals surface area contributed by atoms with E-state index in [2.05, 4.69) is 5.92 Å². The van der Waals surface area contributed by atoms with Gasteiger partial charge in [-0.05, 0) is 18.6 Å². The summed E-state index contributed by atoms with van der Waals surface area (Å²) in [5.74, 6) is 2.03. The zero-order valence-corrected chi connectivity index (χ0v) is 10.6. The fourth-order valence-electron chi connectivity index (χ4n) is 1.30. The number of benzene rings is 1. The van der Waals surface area contributed by atoms with Gasteiger partial charge < -0.3 is 9.47 Å². The molecule has 0 aromatic heterocycles. The van der Waals surface area contributed by atoms with Gasteiger partial charge in [0.05, 0.1) is 19.3 Å². The van der Waals surface area contributed by atoms with Gasteiger partial charge in [-0.2, -0.15) is 0 Å². The van der Waals surface area contributed by atoms with Crippen LogP contribution in [0.4, 0.5) is 0 Å². The second-order valence-corrected chi connectivity index (χ2v) is 3.69. The fourth-order valence-corrected chi connectivity index (χ4v) is 1.30. The molecule has 0 saturated carbocycles. The summed E-state index contributed by atoms with van der Waals surface area (Å²) < 4.78 is 10.1. The lowest BCUT2D eigenvalue weighted by atomic mass is 10.1. The monoisotopic (exact) mass is 244 g/mol. The Morgan fingerprint density at radius 2 is 2.11 bits per heavy atom. The van der Waals surface area contributed by atoms with E-state index in [-0.39, 0.29) is 12.7 Å². The molecule has 0 aliphatic rings. The average molecular weight is 244 g/mol. The number of methoxy groups -OCH3 is 1. The summed E-state index contributed by atoms with van der Waals surface area (Å²) in [4.78, 5) is 11.6. The number of ether oxygens (including phenoxy) is 2. The van der Waals surface area contributed by atoms with Crippen molar-refractivity contribution in [2.24, 2.45) is 0 Å². The highest BCUT2D eigenvalue weighted by Gasteiger charge is 2.11. The first-order valence-corrected chi connectivity index (χ1v) is 5.59. The first-order chi connectivity index (χ1) is 8.67. The molecule has 0 spiro atoms. The first kappa shape index (κ1) is 14.0. The molecule has 3 nitrogen and oxygen atoms in total. The Morgan fingerprint density at radius 1 is 1.44 bits per heavy atom. The fraction of sp³-hybridized carbons (Fsp3) is 0.267. The Hall–Kier alpha value is -2.05. The van der Waals surface area contributed by atoms with Gasteiger partial charge >= 0.3 is 5.97 Å². The third-order valence-corrected chi connectivity index (χ3v) is 2.31. The van der Waals surface area contributed by atoms with E-state index in [4.69, 9.17) is 15.9 Å². The average Bonchev–Trinajstić information content (AvgIpc) is 2.43. The van der Waals surface area contributed by atoms with Crippen LogP contribution in [-0.4, -0.2) is 25.8 Å². The molecule has 0 saturated heterocycles. The number of hydrogen-bond acceptors (Lipinski definition) is 3. The van der Waals surface area contributed by atoms with Crippen LogP contribution in [0.15, 0.2) is 35.9 Å². The smallest absolute Gasteiger partial charge is 0.336 e. The maximum Gasteiger partial charge on any atom is 0.336 e. The summed E-state index contributed by atoms with van der Waals surface area (Å²) in [7, 11) is 1.34. The van der Waals surface area contributed by atoms with E-state index in [0.717, 1.165) is 5.56 Å². The van der Waals surface area contributed by atoms with Crippen LogP contribution in [0.5, 0.6) is 0 Å². The molecule has 0 aliphatic carbocycles. The predicted molar refractivity (Wildman–Crippen MR) is 70.7 cm³/mol. The number of terminal acetylenes is 1. The van der Waals surface area contributed by atoms with Crippen LogP contribution in [0, 0.1) is 12.3 Å². The topological polar surface area (TPSA) is 35.5 Å². The van der Waals surface area contributed by atoms with E-state index in [9.17, 15) is 4.79 Å². The van der Waals surface area contributed by atoms with Crippen LogP contribution in [0.1, 0.15) is 12.5 Å².